The van der Waals surface area contributed by atoms with Gasteiger partial charge in [0.2, 0.25) is 0 Å². The average molecular weight is 304 g/mol. The van der Waals surface area contributed by atoms with Gasteiger partial charge in [0.1, 0.15) is 5.75 Å². The Morgan fingerprint density at radius 1 is 1.10 bits per heavy atom. The van der Waals surface area contributed by atoms with Crippen molar-refractivity contribution in [2.45, 2.75) is 26.8 Å². The SMILES string of the molecule is CCOc1ccc(C(NC)c2cc(C)c(Cl)cc2C)cc1. The second-order valence-electron chi connectivity index (χ2n) is 5.18. The zero-order valence-electron chi connectivity index (χ0n) is 13.0. The van der Waals surface area contributed by atoms with Crippen LogP contribution < -0.4 is 10.1 Å². The molecule has 3 heteroatoms. The smallest absolute Gasteiger partial charge is 0.119 e. The van der Waals surface area contributed by atoms with Crippen LogP contribution >= 0.6 is 11.6 Å². The van der Waals surface area contributed by atoms with E-state index >= 15 is 0 Å². The molecule has 0 spiro atoms. The van der Waals surface area contributed by atoms with E-state index in [9.17, 15) is 0 Å². The molecule has 2 aromatic carbocycles. The third-order valence-electron chi connectivity index (χ3n) is 3.67. The molecule has 0 aliphatic carbocycles. The number of aryl methyl sites for hydroxylation is 2. The van der Waals surface area contributed by atoms with Crippen molar-refractivity contribution in [3.8, 4) is 5.75 Å². The molecular weight excluding hydrogens is 282 g/mol. The van der Waals surface area contributed by atoms with Gasteiger partial charge in [0, 0.05) is 5.02 Å². The molecule has 1 unspecified atom stereocenters. The first-order valence-corrected chi connectivity index (χ1v) is 7.61. The van der Waals surface area contributed by atoms with E-state index in [1.807, 2.05) is 39.1 Å². The molecule has 2 nitrogen and oxygen atoms in total. The maximum atomic E-state index is 6.20. The van der Waals surface area contributed by atoms with E-state index in [1.165, 1.54) is 16.7 Å². The van der Waals surface area contributed by atoms with Gasteiger partial charge in [0.25, 0.3) is 0 Å². The molecule has 2 rings (SSSR count). The van der Waals surface area contributed by atoms with E-state index in [2.05, 4.69) is 30.4 Å². The lowest BCUT2D eigenvalue weighted by Gasteiger charge is -2.21. The van der Waals surface area contributed by atoms with Gasteiger partial charge >= 0.3 is 0 Å². The largest absolute Gasteiger partial charge is 0.494 e. The minimum atomic E-state index is 0.150. The Morgan fingerprint density at radius 2 is 1.76 bits per heavy atom. The standard InChI is InChI=1S/C18H22ClNO/c1-5-21-15-8-6-14(7-9-15)18(20-4)16-10-13(3)17(19)11-12(16)2/h6-11,18,20H,5H2,1-4H3. The summed E-state index contributed by atoms with van der Waals surface area (Å²) in [6, 6.07) is 12.6. The number of hydrogen-bond acceptors (Lipinski definition) is 2. The van der Waals surface area contributed by atoms with Crippen molar-refractivity contribution in [1.82, 2.24) is 5.32 Å². The van der Waals surface area contributed by atoms with E-state index in [0.29, 0.717) is 6.61 Å². The van der Waals surface area contributed by atoms with Gasteiger partial charge < -0.3 is 10.1 Å². The Balaban J connectivity index is 2.37. The summed E-state index contributed by atoms with van der Waals surface area (Å²) in [4.78, 5) is 0. The van der Waals surface area contributed by atoms with Crippen LogP contribution in [0, 0.1) is 13.8 Å². The van der Waals surface area contributed by atoms with E-state index in [4.69, 9.17) is 16.3 Å². The summed E-state index contributed by atoms with van der Waals surface area (Å²) in [7, 11) is 1.98. The summed E-state index contributed by atoms with van der Waals surface area (Å²) in [6.07, 6.45) is 0. The molecule has 0 bridgehead atoms. The van der Waals surface area contributed by atoms with Crippen LogP contribution in [-0.2, 0) is 0 Å². The maximum Gasteiger partial charge on any atom is 0.119 e. The van der Waals surface area contributed by atoms with Crippen LogP contribution in [0.25, 0.3) is 0 Å². The van der Waals surface area contributed by atoms with Crippen molar-refractivity contribution in [1.29, 1.82) is 0 Å². The van der Waals surface area contributed by atoms with Gasteiger partial charge in [-0.15, -0.1) is 0 Å². The number of hydrogen-bond donors (Lipinski definition) is 1. The fourth-order valence-electron chi connectivity index (χ4n) is 2.54. The van der Waals surface area contributed by atoms with Crippen molar-refractivity contribution < 1.29 is 4.74 Å². The minimum Gasteiger partial charge on any atom is -0.494 e. The fraction of sp³-hybridized carbons (Fsp3) is 0.333. The number of rotatable bonds is 5. The summed E-state index contributed by atoms with van der Waals surface area (Å²) in [5, 5.41) is 4.21. The molecule has 112 valence electrons. The molecule has 0 saturated carbocycles. The van der Waals surface area contributed by atoms with E-state index in [-0.39, 0.29) is 6.04 Å². The lowest BCUT2D eigenvalue weighted by Crippen LogP contribution is -2.18. The number of ether oxygens (including phenoxy) is 1. The Bertz CT molecular complexity index is 607. The predicted octanol–water partition coefficient (Wildman–Crippen LogP) is 4.66. The summed E-state index contributed by atoms with van der Waals surface area (Å²) in [5.41, 5.74) is 4.76. The van der Waals surface area contributed by atoms with Gasteiger partial charge in [0.15, 0.2) is 0 Å². The summed E-state index contributed by atoms with van der Waals surface area (Å²) < 4.78 is 5.50. The predicted molar refractivity (Wildman–Crippen MR) is 89.4 cm³/mol. The first-order valence-electron chi connectivity index (χ1n) is 7.23. The first-order chi connectivity index (χ1) is 10.1. The molecule has 21 heavy (non-hydrogen) atoms. The summed E-state index contributed by atoms with van der Waals surface area (Å²) in [5.74, 6) is 0.903. The van der Waals surface area contributed by atoms with Crippen molar-refractivity contribution in [3.63, 3.8) is 0 Å². The van der Waals surface area contributed by atoms with Crippen LogP contribution in [0.2, 0.25) is 5.02 Å². The Hall–Kier alpha value is -1.51. The molecule has 0 fully saturated rings. The molecule has 0 aliphatic heterocycles. The second kappa shape index (κ2) is 6.97. The monoisotopic (exact) mass is 303 g/mol. The van der Waals surface area contributed by atoms with Gasteiger partial charge in [-0.2, -0.15) is 0 Å². The van der Waals surface area contributed by atoms with Crippen LogP contribution in [0.4, 0.5) is 0 Å². The lowest BCUT2D eigenvalue weighted by molar-refractivity contribution is 0.340. The highest BCUT2D eigenvalue weighted by molar-refractivity contribution is 6.31. The molecule has 1 atom stereocenters. The second-order valence-corrected chi connectivity index (χ2v) is 5.59. The Morgan fingerprint density at radius 3 is 2.33 bits per heavy atom. The lowest BCUT2D eigenvalue weighted by atomic mass is 9.93. The van der Waals surface area contributed by atoms with Crippen LogP contribution in [0.1, 0.15) is 35.2 Å². The van der Waals surface area contributed by atoms with Gasteiger partial charge in [-0.05, 0) is 68.3 Å². The highest BCUT2D eigenvalue weighted by Gasteiger charge is 2.15. The third-order valence-corrected chi connectivity index (χ3v) is 4.08. The summed E-state index contributed by atoms with van der Waals surface area (Å²) in [6.45, 7) is 6.81. The van der Waals surface area contributed by atoms with Gasteiger partial charge in [-0.1, -0.05) is 29.8 Å². The molecule has 2 aromatic rings. The number of nitrogens with one attached hydrogen (secondary N) is 1. The zero-order valence-corrected chi connectivity index (χ0v) is 13.8. The van der Waals surface area contributed by atoms with Crippen molar-refractivity contribution in [2.75, 3.05) is 13.7 Å². The van der Waals surface area contributed by atoms with Gasteiger partial charge in [-0.3, -0.25) is 0 Å². The third kappa shape index (κ3) is 3.58. The van der Waals surface area contributed by atoms with Crippen LogP contribution in [0.5, 0.6) is 5.75 Å². The van der Waals surface area contributed by atoms with Crippen LogP contribution in [-0.4, -0.2) is 13.7 Å². The normalized spacial score (nSPS) is 12.2. The van der Waals surface area contributed by atoms with E-state index in [1.54, 1.807) is 0 Å². The Labute approximate surface area is 132 Å². The molecular formula is C18H22ClNO. The Kier molecular flexibility index (Phi) is 5.27. The van der Waals surface area contributed by atoms with Crippen molar-refractivity contribution in [2.24, 2.45) is 0 Å². The summed E-state index contributed by atoms with van der Waals surface area (Å²) >= 11 is 6.20. The number of benzene rings is 2. The molecule has 0 aliphatic rings. The average Bonchev–Trinajstić information content (AvgIpc) is 2.47. The molecule has 0 saturated heterocycles. The zero-order chi connectivity index (χ0) is 15.4. The molecule has 0 amide bonds. The van der Waals surface area contributed by atoms with E-state index in [0.717, 1.165) is 16.3 Å². The van der Waals surface area contributed by atoms with Crippen molar-refractivity contribution in [3.05, 3.63) is 63.7 Å². The first kappa shape index (κ1) is 15.9. The quantitative estimate of drug-likeness (QED) is 0.867. The molecule has 0 radical (unpaired) electrons. The highest BCUT2D eigenvalue weighted by Crippen LogP contribution is 2.29. The fourth-order valence-corrected chi connectivity index (χ4v) is 2.76. The van der Waals surface area contributed by atoms with Crippen LogP contribution in [0.15, 0.2) is 36.4 Å². The topological polar surface area (TPSA) is 21.3 Å². The van der Waals surface area contributed by atoms with Crippen LogP contribution in [0.3, 0.4) is 0 Å². The molecule has 1 N–H and O–H groups in total. The molecule has 0 aromatic heterocycles. The highest BCUT2D eigenvalue weighted by atomic mass is 35.5. The maximum absolute atomic E-state index is 6.20. The van der Waals surface area contributed by atoms with Gasteiger partial charge in [0.05, 0.1) is 12.6 Å². The van der Waals surface area contributed by atoms with Gasteiger partial charge in [-0.25, -0.2) is 0 Å². The number of halogens is 1. The van der Waals surface area contributed by atoms with Crippen molar-refractivity contribution >= 4 is 11.6 Å². The minimum absolute atomic E-state index is 0.150. The van der Waals surface area contributed by atoms with E-state index < -0.39 is 0 Å². The molecule has 0 heterocycles.